The van der Waals surface area contributed by atoms with Crippen molar-refractivity contribution in [3.63, 3.8) is 0 Å². The number of amides is 1. The van der Waals surface area contributed by atoms with Gasteiger partial charge in [0, 0.05) is 24.6 Å². The van der Waals surface area contributed by atoms with E-state index in [1.165, 1.54) is 6.08 Å². The molecule has 10 heteroatoms. The highest BCUT2D eigenvalue weighted by Gasteiger charge is 2.34. The number of carbonyl (C=O) groups is 2. The van der Waals surface area contributed by atoms with Gasteiger partial charge < -0.3 is 5.11 Å². The number of rotatable bonds is 17. The van der Waals surface area contributed by atoms with Crippen molar-refractivity contribution in [3.8, 4) is 0 Å². The molecule has 0 radical (unpaired) electrons. The Kier molecular flexibility index (Phi) is 13.0. The number of benzene rings is 2. The predicted octanol–water partition coefficient (Wildman–Crippen LogP) is 5.89. The minimum atomic E-state index is -4.55. The van der Waals surface area contributed by atoms with Gasteiger partial charge in [0.25, 0.3) is 5.91 Å². The number of allylic oxidation sites excluding steroid dienone is 1. The topological polar surface area (TPSA) is 101 Å². The summed E-state index contributed by atoms with van der Waals surface area (Å²) in [6.07, 6.45) is 2.24. The summed E-state index contributed by atoms with van der Waals surface area (Å²) in [4.78, 5) is 37.0. The highest BCUT2D eigenvalue weighted by Crippen LogP contribution is 2.31. The molecule has 2 aromatic carbocycles. The van der Waals surface area contributed by atoms with Gasteiger partial charge in [0.15, 0.2) is 5.78 Å². The first-order valence-corrected chi connectivity index (χ1v) is 14.4. The third kappa shape index (κ3) is 10.7. The molecule has 1 amide bonds. The molecule has 3 aromatic rings. The fourth-order valence-corrected chi connectivity index (χ4v) is 4.79. The molecule has 230 valence electrons. The molecule has 0 aliphatic carbocycles. The van der Waals surface area contributed by atoms with Crippen LogP contribution in [0.2, 0.25) is 0 Å². The summed E-state index contributed by atoms with van der Waals surface area (Å²) in [5, 5.41) is 8.79. The first-order valence-electron chi connectivity index (χ1n) is 14.4. The molecule has 3 rings (SSSR count). The summed E-state index contributed by atoms with van der Waals surface area (Å²) in [6.45, 7) is 5.17. The van der Waals surface area contributed by atoms with E-state index in [1.807, 2.05) is 37.3 Å². The number of aryl methyl sites for hydroxylation is 6. The first kappa shape index (κ1) is 33.6. The maximum atomic E-state index is 13.8. The molecule has 0 aliphatic heterocycles. The number of ketones is 1. The van der Waals surface area contributed by atoms with Gasteiger partial charge in [-0.05, 0) is 92.3 Å². The number of nitrogens with zero attached hydrogens (tertiary/aromatic N) is 2. The number of aliphatic hydroxyl groups is 1. The van der Waals surface area contributed by atoms with E-state index in [0.717, 1.165) is 28.5 Å². The highest BCUT2D eigenvalue weighted by atomic mass is 19.4. The van der Waals surface area contributed by atoms with Crippen molar-refractivity contribution in [3.05, 3.63) is 106 Å². The van der Waals surface area contributed by atoms with Crippen LogP contribution < -0.4 is 5.48 Å². The zero-order chi connectivity index (χ0) is 31.2. The van der Waals surface area contributed by atoms with Crippen LogP contribution in [0.5, 0.6) is 0 Å². The standard InChI is InChI=1S/C33H38F3N3O4/c1-3-28(41)14-6-11-24-9-4-5-10-25(24)12-7-15-30-29(33(34,35)36)22-37-31(38-30)16-8-13-26-21-27(18-17-23(26)2)32(42)39-43-20-19-40/h3-5,9-10,17-18,21-22,40H,1,6-8,11-16,19-20H2,2H3,(H,39,42). The van der Waals surface area contributed by atoms with Crippen LogP contribution in [-0.4, -0.2) is 40.0 Å². The van der Waals surface area contributed by atoms with Gasteiger partial charge in [-0.1, -0.05) is 36.9 Å². The van der Waals surface area contributed by atoms with E-state index in [1.54, 1.807) is 12.1 Å². The SMILES string of the molecule is C=CC(=O)CCCc1ccccc1CCCc1nc(CCCc2cc(C(=O)NOCCO)ccc2C)ncc1C(F)(F)F. The zero-order valence-electron chi connectivity index (χ0n) is 24.4. The second kappa shape index (κ2) is 16.7. The monoisotopic (exact) mass is 597 g/mol. The predicted molar refractivity (Wildman–Crippen MR) is 157 cm³/mol. The Balaban J connectivity index is 1.63. The molecule has 0 aliphatic rings. The molecule has 0 fully saturated rings. The molecule has 0 unspecified atom stereocenters. The zero-order valence-corrected chi connectivity index (χ0v) is 24.4. The van der Waals surface area contributed by atoms with Crippen LogP contribution in [0.25, 0.3) is 0 Å². The summed E-state index contributed by atoms with van der Waals surface area (Å²) < 4.78 is 41.3. The number of hydrogen-bond donors (Lipinski definition) is 2. The van der Waals surface area contributed by atoms with Gasteiger partial charge in [-0.15, -0.1) is 0 Å². The Morgan fingerprint density at radius 2 is 1.65 bits per heavy atom. The van der Waals surface area contributed by atoms with Crippen LogP contribution >= 0.6 is 0 Å². The van der Waals surface area contributed by atoms with Crippen LogP contribution in [-0.2, 0) is 47.9 Å². The second-order valence-electron chi connectivity index (χ2n) is 10.3. The number of aromatic nitrogens is 2. The van der Waals surface area contributed by atoms with Crippen LogP contribution in [0.15, 0.2) is 61.3 Å². The molecule has 0 bridgehead atoms. The fourth-order valence-electron chi connectivity index (χ4n) is 4.79. The van der Waals surface area contributed by atoms with Crippen LogP contribution in [0.3, 0.4) is 0 Å². The number of alkyl halides is 3. The molecular formula is C33H38F3N3O4. The van der Waals surface area contributed by atoms with E-state index >= 15 is 0 Å². The number of hydroxylamine groups is 1. The average molecular weight is 598 g/mol. The van der Waals surface area contributed by atoms with E-state index in [4.69, 9.17) is 9.94 Å². The van der Waals surface area contributed by atoms with Gasteiger partial charge in [0.05, 0.1) is 24.5 Å². The summed E-state index contributed by atoms with van der Waals surface area (Å²) in [5.74, 6) is -0.0942. The highest BCUT2D eigenvalue weighted by molar-refractivity contribution is 5.93. The summed E-state index contributed by atoms with van der Waals surface area (Å²) in [6, 6.07) is 13.0. The second-order valence-corrected chi connectivity index (χ2v) is 10.3. The van der Waals surface area contributed by atoms with Crippen LogP contribution in [0.1, 0.15) is 75.4 Å². The third-order valence-corrected chi connectivity index (χ3v) is 7.11. The molecule has 1 heterocycles. The molecular weight excluding hydrogens is 559 g/mol. The van der Waals surface area contributed by atoms with Crippen molar-refractivity contribution < 1.29 is 32.7 Å². The van der Waals surface area contributed by atoms with E-state index in [0.29, 0.717) is 62.8 Å². The summed E-state index contributed by atoms with van der Waals surface area (Å²) in [5.41, 5.74) is 5.90. The quantitative estimate of drug-likeness (QED) is 0.114. The third-order valence-electron chi connectivity index (χ3n) is 7.11. The average Bonchev–Trinajstić information content (AvgIpc) is 2.98. The summed E-state index contributed by atoms with van der Waals surface area (Å²) >= 11 is 0. The maximum absolute atomic E-state index is 13.8. The summed E-state index contributed by atoms with van der Waals surface area (Å²) in [7, 11) is 0. The Bertz CT molecular complexity index is 1390. The molecule has 2 N–H and O–H groups in total. The van der Waals surface area contributed by atoms with Gasteiger partial charge >= 0.3 is 6.18 Å². The Labute approximate surface area is 250 Å². The molecule has 1 aromatic heterocycles. The number of halogens is 3. The van der Waals surface area contributed by atoms with Gasteiger partial charge in [-0.2, -0.15) is 13.2 Å². The fraction of sp³-hybridized carbons (Fsp3) is 0.394. The largest absolute Gasteiger partial charge is 0.419 e. The number of carbonyl (C=O) groups excluding carboxylic acids is 2. The van der Waals surface area contributed by atoms with E-state index in [2.05, 4.69) is 22.0 Å². The van der Waals surface area contributed by atoms with Gasteiger partial charge in [0.1, 0.15) is 5.82 Å². The lowest BCUT2D eigenvalue weighted by atomic mass is 9.96. The minimum absolute atomic E-state index is 0.00631. The lowest BCUT2D eigenvalue weighted by Crippen LogP contribution is -2.25. The number of nitrogens with one attached hydrogen (secondary N) is 1. The normalized spacial score (nSPS) is 11.4. The molecule has 7 nitrogen and oxygen atoms in total. The van der Waals surface area contributed by atoms with Gasteiger partial charge in [0.2, 0.25) is 0 Å². The van der Waals surface area contributed by atoms with Gasteiger partial charge in [-0.3, -0.25) is 14.4 Å². The Hall–Kier alpha value is -3.89. The lowest BCUT2D eigenvalue weighted by Gasteiger charge is -2.14. The van der Waals surface area contributed by atoms with Crippen LogP contribution in [0, 0.1) is 6.92 Å². The molecule has 0 saturated heterocycles. The molecule has 0 spiro atoms. The van der Waals surface area contributed by atoms with Crippen molar-refractivity contribution in [2.24, 2.45) is 0 Å². The molecule has 0 saturated carbocycles. The number of aliphatic hydroxyl groups excluding tert-OH is 1. The lowest BCUT2D eigenvalue weighted by molar-refractivity contribution is -0.138. The van der Waals surface area contributed by atoms with Crippen LogP contribution in [0.4, 0.5) is 13.2 Å². The van der Waals surface area contributed by atoms with E-state index in [9.17, 15) is 22.8 Å². The first-order chi connectivity index (χ1) is 20.6. The maximum Gasteiger partial charge on any atom is 0.419 e. The Morgan fingerprint density at radius 1 is 0.977 bits per heavy atom. The van der Waals surface area contributed by atoms with Crippen molar-refractivity contribution in [1.29, 1.82) is 0 Å². The Morgan fingerprint density at radius 3 is 2.33 bits per heavy atom. The van der Waals surface area contributed by atoms with Gasteiger partial charge in [-0.25, -0.2) is 15.4 Å². The van der Waals surface area contributed by atoms with Crippen molar-refractivity contribution in [2.45, 2.75) is 70.9 Å². The smallest absolute Gasteiger partial charge is 0.394 e. The molecule has 0 atom stereocenters. The number of hydrogen-bond acceptors (Lipinski definition) is 6. The molecule has 43 heavy (non-hydrogen) atoms. The van der Waals surface area contributed by atoms with Crippen molar-refractivity contribution >= 4 is 11.7 Å². The van der Waals surface area contributed by atoms with Crippen molar-refractivity contribution in [1.82, 2.24) is 15.4 Å². The minimum Gasteiger partial charge on any atom is -0.394 e. The van der Waals surface area contributed by atoms with E-state index in [-0.39, 0.29) is 31.1 Å². The van der Waals surface area contributed by atoms with E-state index < -0.39 is 17.6 Å². The van der Waals surface area contributed by atoms with Crippen molar-refractivity contribution in [2.75, 3.05) is 13.2 Å².